The summed E-state index contributed by atoms with van der Waals surface area (Å²) in [5.41, 5.74) is 3.42. The van der Waals surface area contributed by atoms with Crippen molar-refractivity contribution in [2.45, 2.75) is 25.8 Å². The van der Waals surface area contributed by atoms with Gasteiger partial charge >= 0.3 is 5.97 Å². The molecule has 1 heterocycles. The number of hydrogen-bond donors (Lipinski definition) is 2. The van der Waals surface area contributed by atoms with Crippen LogP contribution in [-0.2, 0) is 11.2 Å². The number of aromatic nitrogens is 1. The maximum atomic E-state index is 12.3. The molecular weight excluding hydrogens is 356 g/mol. The average molecular weight is 378 g/mol. The highest BCUT2D eigenvalue weighted by atomic mass is 16.4. The van der Waals surface area contributed by atoms with Crippen LogP contribution >= 0.6 is 0 Å². The van der Waals surface area contributed by atoms with Gasteiger partial charge in [0, 0.05) is 6.04 Å². The molecule has 0 aliphatic rings. The molecule has 0 aliphatic heterocycles. The van der Waals surface area contributed by atoms with Gasteiger partial charge in [-0.1, -0.05) is 61.5 Å². The quantitative estimate of drug-likeness (QED) is 0.622. The molecule has 0 unspecified atom stereocenters. The van der Waals surface area contributed by atoms with Crippen molar-refractivity contribution in [2.75, 3.05) is 0 Å². The minimum atomic E-state index is -0.889. The van der Waals surface area contributed by atoms with E-state index in [2.05, 4.69) is 10.3 Å². The molecule has 2 N–H and O–H groups in total. The Morgan fingerprint density at radius 2 is 1.75 bits per heavy atom. The summed E-state index contributed by atoms with van der Waals surface area (Å²) < 4.78 is 4.84. The molecule has 28 heavy (non-hydrogen) atoms. The molecule has 0 aliphatic carbocycles. The Balaban J connectivity index is 1.72. The number of aliphatic carboxylic acids is 1. The average Bonchev–Trinajstić information content (AvgIpc) is 3.24. The second kappa shape index (κ2) is 8.99. The van der Waals surface area contributed by atoms with Gasteiger partial charge < -0.3 is 14.8 Å². The van der Waals surface area contributed by atoms with E-state index in [0.717, 1.165) is 16.7 Å². The number of benzene rings is 2. The van der Waals surface area contributed by atoms with E-state index in [4.69, 9.17) is 4.42 Å². The highest BCUT2D eigenvalue weighted by molar-refractivity contribution is 5.92. The summed E-state index contributed by atoms with van der Waals surface area (Å²) in [6.07, 6.45) is 3.30. The fourth-order valence-electron chi connectivity index (χ4n) is 3.05. The molecule has 2 aromatic carbocycles. The minimum Gasteiger partial charge on any atom is -0.481 e. The van der Waals surface area contributed by atoms with Gasteiger partial charge in [-0.3, -0.25) is 9.59 Å². The number of nitrogens with one attached hydrogen (secondary N) is 1. The third kappa shape index (κ3) is 5.07. The van der Waals surface area contributed by atoms with E-state index in [1.807, 2.05) is 54.6 Å². The molecule has 3 rings (SSSR count). The van der Waals surface area contributed by atoms with Gasteiger partial charge in [0.25, 0.3) is 5.91 Å². The zero-order chi connectivity index (χ0) is 19.9. The van der Waals surface area contributed by atoms with Crippen LogP contribution in [0.1, 0.15) is 29.4 Å². The molecule has 2 atom stereocenters. The SMILES string of the molecule is C[C@H](C[C@@H](Cc1ccc(-c2ccccc2)cc1)NC(=O)c1cocn1)C(=O)O. The Morgan fingerprint density at radius 3 is 2.36 bits per heavy atom. The zero-order valence-corrected chi connectivity index (χ0v) is 15.5. The number of hydrogen-bond acceptors (Lipinski definition) is 4. The standard InChI is InChI=1S/C22H22N2O4/c1-15(22(26)27)11-19(24-21(25)20-13-28-14-23-20)12-16-7-9-18(10-8-16)17-5-3-2-4-6-17/h2-10,13-15,19H,11-12H2,1H3,(H,24,25)(H,26,27)/t15-,19+/m1/s1. The van der Waals surface area contributed by atoms with Crippen molar-refractivity contribution in [3.05, 3.63) is 78.5 Å². The number of nitrogens with zero attached hydrogens (tertiary/aromatic N) is 1. The fraction of sp³-hybridized carbons (Fsp3) is 0.227. The lowest BCUT2D eigenvalue weighted by atomic mass is 9.95. The number of amides is 1. The monoisotopic (exact) mass is 378 g/mol. The van der Waals surface area contributed by atoms with E-state index in [0.29, 0.717) is 12.8 Å². The van der Waals surface area contributed by atoms with Crippen molar-refractivity contribution in [1.29, 1.82) is 0 Å². The summed E-state index contributed by atoms with van der Waals surface area (Å²) in [6, 6.07) is 17.8. The van der Waals surface area contributed by atoms with Crippen LogP contribution in [0.5, 0.6) is 0 Å². The normalized spacial score (nSPS) is 12.9. The van der Waals surface area contributed by atoms with Crippen LogP contribution in [0.25, 0.3) is 11.1 Å². The molecule has 6 nitrogen and oxygen atoms in total. The summed E-state index contributed by atoms with van der Waals surface area (Å²) in [4.78, 5) is 27.4. The molecule has 3 aromatic rings. The number of carbonyl (C=O) groups is 2. The number of rotatable bonds is 8. The molecule has 0 saturated carbocycles. The van der Waals surface area contributed by atoms with Crippen molar-refractivity contribution in [3.63, 3.8) is 0 Å². The van der Waals surface area contributed by atoms with Gasteiger partial charge in [0.1, 0.15) is 6.26 Å². The molecule has 0 bridgehead atoms. The van der Waals surface area contributed by atoms with Gasteiger partial charge in [0.15, 0.2) is 12.1 Å². The van der Waals surface area contributed by atoms with Gasteiger partial charge in [-0.25, -0.2) is 4.98 Å². The zero-order valence-electron chi connectivity index (χ0n) is 15.5. The van der Waals surface area contributed by atoms with Crippen molar-refractivity contribution in [1.82, 2.24) is 10.3 Å². The smallest absolute Gasteiger partial charge is 0.306 e. The van der Waals surface area contributed by atoms with Crippen molar-refractivity contribution < 1.29 is 19.1 Å². The summed E-state index contributed by atoms with van der Waals surface area (Å²) in [7, 11) is 0. The van der Waals surface area contributed by atoms with Crippen LogP contribution < -0.4 is 5.32 Å². The molecule has 6 heteroatoms. The molecule has 0 spiro atoms. The van der Waals surface area contributed by atoms with Crippen LogP contribution in [0.4, 0.5) is 0 Å². The highest BCUT2D eigenvalue weighted by Crippen LogP contribution is 2.20. The van der Waals surface area contributed by atoms with E-state index in [1.165, 1.54) is 12.7 Å². The molecule has 0 saturated heterocycles. The Labute approximate surface area is 163 Å². The summed E-state index contributed by atoms with van der Waals surface area (Å²) >= 11 is 0. The highest BCUT2D eigenvalue weighted by Gasteiger charge is 2.22. The van der Waals surface area contributed by atoms with E-state index in [1.54, 1.807) is 6.92 Å². The Morgan fingerprint density at radius 1 is 1.07 bits per heavy atom. The molecule has 1 amide bonds. The predicted molar refractivity (Wildman–Crippen MR) is 105 cm³/mol. The van der Waals surface area contributed by atoms with Crippen LogP contribution in [0.3, 0.4) is 0 Å². The third-order valence-corrected chi connectivity index (χ3v) is 4.60. The lowest BCUT2D eigenvalue weighted by Gasteiger charge is -2.20. The predicted octanol–water partition coefficient (Wildman–Crippen LogP) is 3.79. The third-order valence-electron chi connectivity index (χ3n) is 4.60. The van der Waals surface area contributed by atoms with Gasteiger partial charge in [-0.2, -0.15) is 0 Å². The van der Waals surface area contributed by atoms with Crippen LogP contribution in [0.2, 0.25) is 0 Å². The summed E-state index contributed by atoms with van der Waals surface area (Å²) in [6.45, 7) is 1.64. The summed E-state index contributed by atoms with van der Waals surface area (Å²) in [5, 5.41) is 12.1. The number of carboxylic acids is 1. The second-order valence-corrected chi connectivity index (χ2v) is 6.79. The first-order valence-electron chi connectivity index (χ1n) is 9.09. The first kappa shape index (κ1) is 19.4. The lowest BCUT2D eigenvalue weighted by Crippen LogP contribution is -2.38. The molecule has 1 aromatic heterocycles. The Kier molecular flexibility index (Phi) is 6.22. The first-order chi connectivity index (χ1) is 13.5. The van der Waals surface area contributed by atoms with Crippen LogP contribution in [0.15, 0.2) is 71.7 Å². The van der Waals surface area contributed by atoms with Crippen molar-refractivity contribution in [2.24, 2.45) is 5.92 Å². The molecule has 0 fully saturated rings. The first-order valence-corrected chi connectivity index (χ1v) is 9.09. The molecule has 144 valence electrons. The maximum Gasteiger partial charge on any atom is 0.306 e. The maximum absolute atomic E-state index is 12.3. The van der Waals surface area contributed by atoms with Crippen molar-refractivity contribution >= 4 is 11.9 Å². The van der Waals surface area contributed by atoms with E-state index < -0.39 is 11.9 Å². The molecule has 0 radical (unpaired) electrons. The Bertz CT molecular complexity index is 905. The van der Waals surface area contributed by atoms with E-state index in [9.17, 15) is 14.7 Å². The van der Waals surface area contributed by atoms with Crippen LogP contribution in [-0.4, -0.2) is 28.0 Å². The number of oxazole rings is 1. The van der Waals surface area contributed by atoms with Crippen LogP contribution in [0, 0.1) is 5.92 Å². The number of carbonyl (C=O) groups excluding carboxylic acids is 1. The van der Waals surface area contributed by atoms with Crippen molar-refractivity contribution in [3.8, 4) is 11.1 Å². The van der Waals surface area contributed by atoms with E-state index in [-0.39, 0.29) is 17.6 Å². The minimum absolute atomic E-state index is 0.174. The largest absolute Gasteiger partial charge is 0.481 e. The van der Waals surface area contributed by atoms with Gasteiger partial charge in [0.2, 0.25) is 0 Å². The molecular formula is C22H22N2O4. The summed E-state index contributed by atoms with van der Waals surface area (Å²) in [5.74, 6) is -1.84. The van der Waals surface area contributed by atoms with Gasteiger partial charge in [0.05, 0.1) is 5.92 Å². The van der Waals surface area contributed by atoms with Gasteiger partial charge in [-0.05, 0) is 29.5 Å². The fourth-order valence-corrected chi connectivity index (χ4v) is 3.05. The number of carboxylic acid groups (broad SMARTS) is 1. The second-order valence-electron chi connectivity index (χ2n) is 6.79. The lowest BCUT2D eigenvalue weighted by molar-refractivity contribution is -0.141. The van der Waals surface area contributed by atoms with E-state index >= 15 is 0 Å². The topological polar surface area (TPSA) is 92.4 Å². The van der Waals surface area contributed by atoms with Gasteiger partial charge in [-0.15, -0.1) is 0 Å². The Hall–Kier alpha value is -3.41.